The standard InChI is InChI=1S/C9H13ClIN3O/c1-15-6-7(10)2-3-12-9-13-4-8(11)5-14-9/h4-5,7H,2-3,6H2,1H3,(H,12,13,14). The lowest BCUT2D eigenvalue weighted by Gasteiger charge is -2.08. The minimum absolute atomic E-state index is 0.0337. The predicted octanol–water partition coefficient (Wildman–Crippen LogP) is 2.14. The Balaban J connectivity index is 2.22. The second-order valence-corrected chi connectivity index (χ2v) is 4.86. The summed E-state index contributed by atoms with van der Waals surface area (Å²) in [5.41, 5.74) is 0. The second kappa shape index (κ2) is 7.19. The lowest BCUT2D eigenvalue weighted by Crippen LogP contribution is -2.14. The molecule has 84 valence electrons. The van der Waals surface area contributed by atoms with Crippen molar-refractivity contribution in [1.29, 1.82) is 0 Å². The molecule has 0 spiro atoms. The number of aromatic nitrogens is 2. The van der Waals surface area contributed by atoms with Gasteiger partial charge in [-0.2, -0.15) is 0 Å². The molecule has 0 bridgehead atoms. The maximum atomic E-state index is 5.97. The Labute approximate surface area is 108 Å². The number of alkyl halides is 1. The van der Waals surface area contributed by atoms with E-state index < -0.39 is 0 Å². The molecule has 4 nitrogen and oxygen atoms in total. The first-order chi connectivity index (χ1) is 7.22. The molecule has 1 rings (SSSR count). The number of anilines is 1. The average Bonchev–Trinajstić information content (AvgIpc) is 2.21. The van der Waals surface area contributed by atoms with Gasteiger partial charge in [-0.3, -0.25) is 0 Å². The third kappa shape index (κ3) is 5.48. The summed E-state index contributed by atoms with van der Waals surface area (Å²) in [7, 11) is 1.64. The zero-order valence-electron chi connectivity index (χ0n) is 8.41. The summed E-state index contributed by atoms with van der Waals surface area (Å²) >= 11 is 8.13. The van der Waals surface area contributed by atoms with Crippen molar-refractivity contribution in [2.24, 2.45) is 0 Å². The van der Waals surface area contributed by atoms with Crippen LogP contribution in [0.4, 0.5) is 5.95 Å². The van der Waals surface area contributed by atoms with E-state index in [2.05, 4.69) is 37.9 Å². The minimum Gasteiger partial charge on any atom is -0.383 e. The minimum atomic E-state index is 0.0337. The zero-order valence-corrected chi connectivity index (χ0v) is 11.3. The molecule has 0 aromatic carbocycles. The molecule has 0 saturated heterocycles. The highest BCUT2D eigenvalue weighted by atomic mass is 127. The highest BCUT2D eigenvalue weighted by Crippen LogP contribution is 2.05. The molecule has 1 atom stereocenters. The van der Waals surface area contributed by atoms with Crippen LogP contribution in [0.25, 0.3) is 0 Å². The van der Waals surface area contributed by atoms with Gasteiger partial charge in [0.25, 0.3) is 0 Å². The maximum Gasteiger partial charge on any atom is 0.222 e. The van der Waals surface area contributed by atoms with E-state index in [9.17, 15) is 0 Å². The molecule has 0 radical (unpaired) electrons. The van der Waals surface area contributed by atoms with Crippen molar-refractivity contribution in [1.82, 2.24) is 9.97 Å². The van der Waals surface area contributed by atoms with Crippen LogP contribution in [0.2, 0.25) is 0 Å². The Morgan fingerprint density at radius 2 is 2.20 bits per heavy atom. The average molecular weight is 342 g/mol. The molecule has 0 saturated carbocycles. The number of hydrogen-bond acceptors (Lipinski definition) is 4. The van der Waals surface area contributed by atoms with Crippen molar-refractivity contribution in [2.75, 3.05) is 25.6 Å². The van der Waals surface area contributed by atoms with Crippen molar-refractivity contribution in [3.05, 3.63) is 16.0 Å². The van der Waals surface area contributed by atoms with Gasteiger partial charge in [-0.05, 0) is 29.0 Å². The lowest BCUT2D eigenvalue weighted by molar-refractivity contribution is 0.196. The first kappa shape index (κ1) is 12.9. The smallest absolute Gasteiger partial charge is 0.222 e. The van der Waals surface area contributed by atoms with Crippen molar-refractivity contribution in [3.63, 3.8) is 0 Å². The van der Waals surface area contributed by atoms with Crippen LogP contribution in [0.1, 0.15) is 6.42 Å². The van der Waals surface area contributed by atoms with Crippen LogP contribution in [0.5, 0.6) is 0 Å². The largest absolute Gasteiger partial charge is 0.383 e. The molecule has 0 fully saturated rings. The Morgan fingerprint density at radius 3 is 2.80 bits per heavy atom. The van der Waals surface area contributed by atoms with E-state index in [4.69, 9.17) is 16.3 Å². The molecule has 15 heavy (non-hydrogen) atoms. The summed E-state index contributed by atoms with van der Waals surface area (Å²) in [6, 6.07) is 0. The molecule has 0 aliphatic rings. The van der Waals surface area contributed by atoms with Crippen LogP contribution >= 0.6 is 34.2 Å². The lowest BCUT2D eigenvalue weighted by atomic mass is 10.3. The van der Waals surface area contributed by atoms with Crippen LogP contribution in [-0.4, -0.2) is 35.6 Å². The van der Waals surface area contributed by atoms with E-state index in [1.54, 1.807) is 19.5 Å². The SMILES string of the molecule is COCC(Cl)CCNc1ncc(I)cn1. The predicted molar refractivity (Wildman–Crippen MR) is 69.4 cm³/mol. The molecular formula is C9H13ClIN3O. The van der Waals surface area contributed by atoms with Gasteiger partial charge in [-0.25, -0.2) is 9.97 Å². The molecule has 1 aromatic heterocycles. The third-order valence-corrected chi connectivity index (χ3v) is 2.61. The van der Waals surface area contributed by atoms with Crippen molar-refractivity contribution in [3.8, 4) is 0 Å². The molecule has 1 N–H and O–H groups in total. The van der Waals surface area contributed by atoms with Gasteiger partial charge in [0.1, 0.15) is 0 Å². The topological polar surface area (TPSA) is 47.0 Å². The van der Waals surface area contributed by atoms with E-state index in [1.165, 1.54) is 0 Å². The first-order valence-corrected chi connectivity index (χ1v) is 6.08. The van der Waals surface area contributed by atoms with E-state index in [0.29, 0.717) is 12.6 Å². The van der Waals surface area contributed by atoms with Gasteiger partial charge in [0.05, 0.1) is 12.0 Å². The number of rotatable bonds is 6. The maximum absolute atomic E-state index is 5.97. The summed E-state index contributed by atoms with van der Waals surface area (Å²) in [6.45, 7) is 1.31. The molecule has 1 unspecified atom stereocenters. The molecule has 1 heterocycles. The molecule has 0 amide bonds. The van der Waals surface area contributed by atoms with E-state index in [-0.39, 0.29) is 5.38 Å². The Bertz CT molecular complexity index is 283. The first-order valence-electron chi connectivity index (χ1n) is 4.57. The van der Waals surface area contributed by atoms with Crippen molar-refractivity contribution in [2.45, 2.75) is 11.8 Å². The quantitative estimate of drug-likeness (QED) is 0.636. The highest BCUT2D eigenvalue weighted by Gasteiger charge is 2.03. The molecular weight excluding hydrogens is 328 g/mol. The van der Waals surface area contributed by atoms with Gasteiger partial charge >= 0.3 is 0 Å². The van der Waals surface area contributed by atoms with Crippen LogP contribution in [0, 0.1) is 3.57 Å². The fourth-order valence-electron chi connectivity index (χ4n) is 1.01. The monoisotopic (exact) mass is 341 g/mol. The van der Waals surface area contributed by atoms with Gasteiger partial charge < -0.3 is 10.1 Å². The van der Waals surface area contributed by atoms with Gasteiger partial charge in [0.15, 0.2) is 0 Å². The van der Waals surface area contributed by atoms with Crippen molar-refractivity contribution >= 4 is 40.1 Å². The van der Waals surface area contributed by atoms with E-state index in [0.717, 1.165) is 16.5 Å². The van der Waals surface area contributed by atoms with Crippen LogP contribution < -0.4 is 5.32 Å². The highest BCUT2D eigenvalue weighted by molar-refractivity contribution is 14.1. The third-order valence-electron chi connectivity index (χ3n) is 1.71. The Hall–Kier alpha value is -0.140. The van der Waals surface area contributed by atoms with Gasteiger partial charge in [-0.15, -0.1) is 11.6 Å². The van der Waals surface area contributed by atoms with Gasteiger partial charge in [0.2, 0.25) is 5.95 Å². The van der Waals surface area contributed by atoms with E-state index >= 15 is 0 Å². The summed E-state index contributed by atoms with van der Waals surface area (Å²) in [4.78, 5) is 8.23. The fourth-order valence-corrected chi connectivity index (χ4v) is 1.52. The normalized spacial score (nSPS) is 12.5. The number of methoxy groups -OCH3 is 1. The van der Waals surface area contributed by atoms with Crippen LogP contribution in [0.3, 0.4) is 0 Å². The van der Waals surface area contributed by atoms with Gasteiger partial charge in [-0.1, -0.05) is 0 Å². The molecule has 1 aromatic rings. The zero-order chi connectivity index (χ0) is 11.1. The molecule has 0 aliphatic carbocycles. The number of hydrogen-bond donors (Lipinski definition) is 1. The van der Waals surface area contributed by atoms with Crippen LogP contribution in [-0.2, 0) is 4.74 Å². The number of ether oxygens (including phenoxy) is 1. The second-order valence-electron chi connectivity index (χ2n) is 2.99. The number of nitrogens with one attached hydrogen (secondary N) is 1. The molecule has 6 heteroatoms. The fraction of sp³-hybridized carbons (Fsp3) is 0.556. The molecule has 0 aliphatic heterocycles. The summed E-state index contributed by atoms with van der Waals surface area (Å²) in [5.74, 6) is 0.636. The van der Waals surface area contributed by atoms with Crippen molar-refractivity contribution < 1.29 is 4.74 Å². The number of nitrogens with zero attached hydrogens (tertiary/aromatic N) is 2. The van der Waals surface area contributed by atoms with Crippen LogP contribution in [0.15, 0.2) is 12.4 Å². The summed E-state index contributed by atoms with van der Waals surface area (Å²) in [6.07, 6.45) is 4.36. The van der Waals surface area contributed by atoms with Gasteiger partial charge in [0, 0.05) is 29.6 Å². The summed E-state index contributed by atoms with van der Waals surface area (Å²) < 4.78 is 5.95. The summed E-state index contributed by atoms with van der Waals surface area (Å²) in [5, 5.41) is 3.13. The Morgan fingerprint density at radius 1 is 1.53 bits per heavy atom. The number of halogens is 2. The van der Waals surface area contributed by atoms with E-state index in [1.807, 2.05) is 0 Å². The Kier molecular flexibility index (Phi) is 6.19.